The van der Waals surface area contributed by atoms with E-state index in [1.807, 2.05) is 37.8 Å². The van der Waals surface area contributed by atoms with Crippen molar-refractivity contribution in [1.82, 2.24) is 14.8 Å². The summed E-state index contributed by atoms with van der Waals surface area (Å²) in [6, 6.07) is 10.3. The molecule has 1 N–H and O–H groups in total. The van der Waals surface area contributed by atoms with Crippen LogP contribution in [0.2, 0.25) is 5.02 Å². The second kappa shape index (κ2) is 13.8. The van der Waals surface area contributed by atoms with Gasteiger partial charge in [-0.3, -0.25) is 4.99 Å². The number of hydrogen-bond acceptors (Lipinski definition) is 3. The summed E-state index contributed by atoms with van der Waals surface area (Å²) in [5, 5.41) is 4.16. The van der Waals surface area contributed by atoms with Crippen molar-refractivity contribution in [2.45, 2.75) is 26.6 Å². The van der Waals surface area contributed by atoms with Crippen molar-refractivity contribution in [1.29, 1.82) is 0 Å². The molecule has 29 heavy (non-hydrogen) atoms. The summed E-state index contributed by atoms with van der Waals surface area (Å²) < 4.78 is 13.0. The van der Waals surface area contributed by atoms with E-state index >= 15 is 0 Å². The minimum Gasteiger partial charge on any atom is -0.379 e. The van der Waals surface area contributed by atoms with E-state index in [1.165, 1.54) is 5.56 Å². The lowest BCUT2D eigenvalue weighted by Crippen LogP contribution is -2.38. The van der Waals surface area contributed by atoms with E-state index < -0.39 is 0 Å². The van der Waals surface area contributed by atoms with Crippen LogP contribution in [-0.4, -0.2) is 49.3 Å². The predicted octanol–water partition coefficient (Wildman–Crippen LogP) is 4.06. The van der Waals surface area contributed by atoms with E-state index in [1.54, 1.807) is 7.05 Å². The van der Waals surface area contributed by atoms with Gasteiger partial charge in [0, 0.05) is 46.2 Å². The molecule has 2 rings (SSSR count). The summed E-state index contributed by atoms with van der Waals surface area (Å²) in [4.78, 5) is 6.46. The minimum atomic E-state index is 0. The van der Waals surface area contributed by atoms with E-state index in [4.69, 9.17) is 21.1 Å². The molecule has 0 unspecified atom stereocenters. The first kappa shape index (κ1) is 25.7. The van der Waals surface area contributed by atoms with E-state index in [0.717, 1.165) is 35.4 Å². The minimum absolute atomic E-state index is 0. The molecule has 0 spiro atoms. The fourth-order valence-corrected chi connectivity index (χ4v) is 3.16. The molecular formula is C21H32ClIN4O2. The second-order valence-electron chi connectivity index (χ2n) is 6.59. The highest BCUT2D eigenvalue weighted by Gasteiger charge is 2.10. The zero-order chi connectivity index (χ0) is 20.4. The number of guanidine groups is 1. The first-order chi connectivity index (χ1) is 13.5. The number of nitrogens with one attached hydrogen (secondary N) is 1. The van der Waals surface area contributed by atoms with Gasteiger partial charge in [0.2, 0.25) is 0 Å². The summed E-state index contributed by atoms with van der Waals surface area (Å²) in [5.41, 5.74) is 3.46. The summed E-state index contributed by atoms with van der Waals surface area (Å²) in [5.74, 6) is 0.829. The van der Waals surface area contributed by atoms with Crippen LogP contribution in [0.5, 0.6) is 0 Å². The molecule has 0 aliphatic heterocycles. The van der Waals surface area contributed by atoms with Crippen molar-refractivity contribution in [2.75, 3.05) is 33.9 Å². The van der Waals surface area contributed by atoms with Crippen molar-refractivity contribution >= 4 is 41.5 Å². The Morgan fingerprint density at radius 3 is 2.59 bits per heavy atom. The molecule has 162 valence electrons. The molecule has 0 saturated carbocycles. The lowest BCUT2D eigenvalue weighted by atomic mass is 10.1. The predicted molar refractivity (Wildman–Crippen MR) is 130 cm³/mol. The monoisotopic (exact) mass is 534 g/mol. The Balaban J connectivity index is 0.00000420. The molecule has 0 atom stereocenters. The first-order valence-electron chi connectivity index (χ1n) is 9.49. The second-order valence-corrected chi connectivity index (χ2v) is 7.02. The average molecular weight is 535 g/mol. The van der Waals surface area contributed by atoms with Crippen molar-refractivity contribution in [3.8, 4) is 0 Å². The SMILES string of the molecule is CCOCCOCc1cccc(CNC(=NC)N(C)Cc2cc(Cl)cn2C)c1.I. The summed E-state index contributed by atoms with van der Waals surface area (Å²) in [6.07, 6.45) is 1.91. The Hall–Kier alpha value is -1.29. The van der Waals surface area contributed by atoms with Gasteiger partial charge in [0.05, 0.1) is 31.4 Å². The number of halogens is 2. The van der Waals surface area contributed by atoms with Gasteiger partial charge in [-0.05, 0) is 24.1 Å². The molecule has 0 fully saturated rings. The Morgan fingerprint density at radius 2 is 1.93 bits per heavy atom. The molecule has 0 bridgehead atoms. The fourth-order valence-electron chi connectivity index (χ4n) is 2.89. The number of nitrogens with zero attached hydrogens (tertiary/aromatic N) is 3. The Kier molecular flexibility index (Phi) is 12.3. The summed E-state index contributed by atoms with van der Waals surface area (Å²) in [6.45, 7) is 5.94. The summed E-state index contributed by atoms with van der Waals surface area (Å²) in [7, 11) is 5.80. The van der Waals surface area contributed by atoms with E-state index in [-0.39, 0.29) is 24.0 Å². The maximum atomic E-state index is 6.08. The van der Waals surface area contributed by atoms with Crippen LogP contribution in [-0.2, 0) is 36.2 Å². The van der Waals surface area contributed by atoms with Gasteiger partial charge in [0.15, 0.2) is 5.96 Å². The third-order valence-corrected chi connectivity index (χ3v) is 4.54. The third kappa shape index (κ3) is 8.94. The molecule has 1 aromatic heterocycles. The van der Waals surface area contributed by atoms with E-state index in [0.29, 0.717) is 26.4 Å². The molecule has 0 aliphatic carbocycles. The zero-order valence-electron chi connectivity index (χ0n) is 17.7. The lowest BCUT2D eigenvalue weighted by molar-refractivity contribution is 0.0453. The standard InChI is InChI=1S/C21H31ClN4O2.HI/c1-5-27-9-10-28-16-18-8-6-7-17(11-18)13-24-21(23-2)26(4)15-20-12-19(22)14-25(20)3;/h6-8,11-12,14H,5,9-10,13,15-16H2,1-4H3,(H,23,24);1H. The Labute approximate surface area is 196 Å². The Morgan fingerprint density at radius 1 is 1.21 bits per heavy atom. The highest BCUT2D eigenvalue weighted by Crippen LogP contribution is 2.14. The number of aliphatic imine (C=N–C) groups is 1. The van der Waals surface area contributed by atoms with Crippen LogP contribution >= 0.6 is 35.6 Å². The highest BCUT2D eigenvalue weighted by molar-refractivity contribution is 14.0. The number of benzene rings is 1. The van der Waals surface area contributed by atoms with Gasteiger partial charge in [-0.25, -0.2) is 0 Å². The van der Waals surface area contributed by atoms with Gasteiger partial charge in [-0.1, -0.05) is 35.9 Å². The molecule has 6 nitrogen and oxygen atoms in total. The topological polar surface area (TPSA) is 51.0 Å². The first-order valence-corrected chi connectivity index (χ1v) is 9.87. The van der Waals surface area contributed by atoms with Gasteiger partial charge in [0.1, 0.15) is 0 Å². The van der Waals surface area contributed by atoms with Gasteiger partial charge in [-0.2, -0.15) is 0 Å². The van der Waals surface area contributed by atoms with Crippen molar-refractivity contribution < 1.29 is 9.47 Å². The number of ether oxygens (including phenoxy) is 2. The van der Waals surface area contributed by atoms with Crippen LogP contribution in [0, 0.1) is 0 Å². The largest absolute Gasteiger partial charge is 0.379 e. The number of aromatic nitrogens is 1. The van der Waals surface area contributed by atoms with Crippen LogP contribution in [0.4, 0.5) is 0 Å². The Bertz CT molecular complexity index is 767. The fraction of sp³-hybridized carbons (Fsp3) is 0.476. The van der Waals surface area contributed by atoms with Gasteiger partial charge in [-0.15, -0.1) is 24.0 Å². The molecule has 1 heterocycles. The van der Waals surface area contributed by atoms with Crippen molar-refractivity contribution in [2.24, 2.45) is 12.0 Å². The number of rotatable bonds is 10. The van der Waals surface area contributed by atoms with Crippen LogP contribution < -0.4 is 5.32 Å². The smallest absolute Gasteiger partial charge is 0.194 e. The zero-order valence-corrected chi connectivity index (χ0v) is 20.7. The molecule has 0 amide bonds. The molecule has 2 aromatic rings. The van der Waals surface area contributed by atoms with Crippen molar-refractivity contribution in [3.05, 3.63) is 58.4 Å². The van der Waals surface area contributed by atoms with Crippen LogP contribution in [0.1, 0.15) is 23.7 Å². The number of hydrogen-bond donors (Lipinski definition) is 1. The molecule has 0 aliphatic rings. The average Bonchev–Trinajstić information content (AvgIpc) is 2.99. The summed E-state index contributed by atoms with van der Waals surface area (Å²) >= 11 is 6.08. The van der Waals surface area contributed by atoms with E-state index in [9.17, 15) is 0 Å². The molecule has 8 heteroatoms. The molecule has 0 saturated heterocycles. The van der Waals surface area contributed by atoms with Crippen LogP contribution in [0.15, 0.2) is 41.5 Å². The van der Waals surface area contributed by atoms with Crippen LogP contribution in [0.3, 0.4) is 0 Å². The lowest BCUT2D eigenvalue weighted by Gasteiger charge is -2.22. The van der Waals surface area contributed by atoms with E-state index in [2.05, 4.69) is 39.5 Å². The van der Waals surface area contributed by atoms with Crippen LogP contribution in [0.25, 0.3) is 0 Å². The molecule has 1 aromatic carbocycles. The third-order valence-electron chi connectivity index (χ3n) is 4.33. The highest BCUT2D eigenvalue weighted by atomic mass is 127. The van der Waals surface area contributed by atoms with Gasteiger partial charge < -0.3 is 24.3 Å². The molecular weight excluding hydrogens is 503 g/mol. The van der Waals surface area contributed by atoms with Crippen molar-refractivity contribution in [3.63, 3.8) is 0 Å². The van der Waals surface area contributed by atoms with Gasteiger partial charge >= 0.3 is 0 Å². The maximum absolute atomic E-state index is 6.08. The number of aryl methyl sites for hydroxylation is 1. The quantitative estimate of drug-likeness (QED) is 0.216. The maximum Gasteiger partial charge on any atom is 0.194 e. The normalized spacial score (nSPS) is 11.3. The van der Waals surface area contributed by atoms with Gasteiger partial charge in [0.25, 0.3) is 0 Å². The molecule has 0 radical (unpaired) electrons.